The number of hydrogen-bond donors (Lipinski definition) is 3. The molecule has 3 heterocycles. The van der Waals surface area contributed by atoms with E-state index in [9.17, 15) is 0 Å². The van der Waals surface area contributed by atoms with E-state index < -0.39 is 6.16 Å². The highest BCUT2D eigenvalue weighted by Gasteiger charge is 1.98. The van der Waals surface area contributed by atoms with Crippen LogP contribution >= 0.6 is 0 Å². The Balaban J connectivity index is 0. The maximum Gasteiger partial charge on any atom is 0.0757 e. The summed E-state index contributed by atoms with van der Waals surface area (Å²) >= 11 is 0. The Hall–Kier alpha value is -0.850. The molecule has 0 atom stereocenters. The standard InChI is InChI=1S/3C4H9N.CH2O3.H/c3*1-2-4-5-3-1;2-1(3)4;/h3*5H,1-4H2;(H2,2,3,4);/q;;;;-1/p+1. The lowest BCUT2D eigenvalue weighted by molar-refractivity contribution is -0.635. The Kier molecular flexibility index (Phi) is 14.5. The van der Waals surface area contributed by atoms with Gasteiger partial charge in [-0.1, -0.05) is 0 Å². The van der Waals surface area contributed by atoms with E-state index in [1.54, 1.807) is 0 Å². The van der Waals surface area contributed by atoms with Crippen LogP contribution < -0.4 is 26.2 Å². The van der Waals surface area contributed by atoms with E-state index in [0.29, 0.717) is 0 Å². The molecule has 3 rings (SSSR count). The molecule has 0 aliphatic carbocycles. The van der Waals surface area contributed by atoms with Crippen LogP contribution in [0.3, 0.4) is 0 Å². The van der Waals surface area contributed by atoms with Crippen LogP contribution in [0.25, 0.3) is 0 Å². The summed E-state index contributed by atoms with van der Waals surface area (Å²) < 4.78 is 0. The van der Waals surface area contributed by atoms with E-state index in [1.807, 2.05) is 0 Å². The third-order valence-electron chi connectivity index (χ3n) is 3.20. The van der Waals surface area contributed by atoms with E-state index in [2.05, 4.69) is 16.0 Å². The summed E-state index contributed by atoms with van der Waals surface area (Å²) in [5.74, 6) is 0. The number of rotatable bonds is 0. The third kappa shape index (κ3) is 19.7. The van der Waals surface area contributed by atoms with E-state index in [-0.39, 0.29) is 1.43 Å². The summed E-state index contributed by atoms with van der Waals surface area (Å²) in [6.07, 6.45) is 6.33. The topological polar surface area (TPSA) is 113 Å². The van der Waals surface area contributed by atoms with Crippen molar-refractivity contribution in [2.24, 2.45) is 0 Å². The van der Waals surface area contributed by atoms with Crippen molar-refractivity contribution >= 4 is 6.16 Å². The van der Waals surface area contributed by atoms with E-state index >= 15 is 0 Å². The molecule has 3 aliphatic heterocycles. The van der Waals surface area contributed by atoms with Crippen molar-refractivity contribution in [1.82, 2.24) is 0 Å². The lowest BCUT2D eigenvalue weighted by Gasteiger charge is -1.96. The van der Waals surface area contributed by atoms with Crippen LogP contribution in [0.15, 0.2) is 0 Å². The van der Waals surface area contributed by atoms with Gasteiger partial charge in [0.2, 0.25) is 0 Å². The fourth-order valence-electron chi connectivity index (χ4n) is 2.17. The molecule has 3 saturated heterocycles. The first-order valence-corrected chi connectivity index (χ1v) is 7.56. The number of carbonyl (C=O) groups is 1. The minimum atomic E-state index is -2.33. The maximum absolute atomic E-state index is 8.33. The van der Waals surface area contributed by atoms with Gasteiger partial charge in [-0.05, 0) is 6.16 Å². The van der Waals surface area contributed by atoms with Crippen molar-refractivity contribution in [1.29, 1.82) is 0 Å². The molecule has 0 amide bonds. The molecule has 3 fully saturated rings. The van der Waals surface area contributed by atoms with Crippen LogP contribution in [-0.2, 0) is 0 Å². The first kappa shape index (κ1) is 18.1. The molecule has 19 heavy (non-hydrogen) atoms. The first-order valence-electron chi connectivity index (χ1n) is 7.56. The summed E-state index contributed by atoms with van der Waals surface area (Å²) in [7, 11) is 0. The van der Waals surface area contributed by atoms with Gasteiger partial charge in [-0.25, -0.2) is 0 Å². The second-order valence-corrected chi connectivity index (χ2v) is 4.97. The summed E-state index contributed by atoms with van der Waals surface area (Å²) in [5, 5.41) is 23.8. The molecular weight excluding hydrogens is 246 g/mol. The molecule has 0 radical (unpaired) electrons. The maximum atomic E-state index is 8.33. The van der Waals surface area contributed by atoms with Gasteiger partial charge in [-0.2, -0.15) is 0 Å². The number of hydrogen-bond acceptors (Lipinski definition) is 3. The molecular formula is C13H31N3O3. The van der Waals surface area contributed by atoms with Gasteiger partial charge < -0.3 is 32.4 Å². The lowest BCUT2D eigenvalue weighted by atomic mass is 10.4. The van der Waals surface area contributed by atoms with Gasteiger partial charge in [0, 0.05) is 38.5 Å². The van der Waals surface area contributed by atoms with Gasteiger partial charge in [0.1, 0.15) is 0 Å². The predicted octanol–water partition coefficient (Wildman–Crippen LogP) is -4.30. The van der Waals surface area contributed by atoms with Crippen LogP contribution in [0.1, 0.15) is 40.0 Å². The number of carbonyl (C=O) groups excluding carboxylic acids is 1. The second-order valence-electron chi connectivity index (χ2n) is 4.97. The minimum Gasteiger partial charge on any atom is -1.00 e. The van der Waals surface area contributed by atoms with Crippen molar-refractivity contribution in [3.8, 4) is 0 Å². The summed E-state index contributed by atoms with van der Waals surface area (Å²) in [6, 6.07) is 0. The molecule has 6 heteroatoms. The molecule has 6 nitrogen and oxygen atoms in total. The van der Waals surface area contributed by atoms with Crippen LogP contribution in [0.5, 0.6) is 0 Å². The van der Waals surface area contributed by atoms with Crippen molar-refractivity contribution in [2.75, 3.05) is 39.3 Å². The Bertz CT molecular complexity index is 147. The monoisotopic (exact) mass is 277 g/mol. The highest BCUT2D eigenvalue weighted by Crippen LogP contribution is 1.83. The van der Waals surface area contributed by atoms with Gasteiger partial charge >= 0.3 is 0 Å². The number of quaternary nitrogens is 3. The Morgan fingerprint density at radius 2 is 0.789 bits per heavy atom. The summed E-state index contributed by atoms with van der Waals surface area (Å²) in [6.45, 7) is 8.25. The fourth-order valence-corrected chi connectivity index (χ4v) is 2.17. The number of nitrogens with two attached hydrogens (primary N) is 3. The molecule has 0 saturated carbocycles. The van der Waals surface area contributed by atoms with Crippen molar-refractivity contribution in [2.45, 2.75) is 38.5 Å². The average molecular weight is 277 g/mol. The van der Waals surface area contributed by atoms with Gasteiger partial charge in [0.05, 0.1) is 39.3 Å². The van der Waals surface area contributed by atoms with Crippen LogP contribution in [0.4, 0.5) is 4.79 Å². The second kappa shape index (κ2) is 15.2. The zero-order valence-electron chi connectivity index (χ0n) is 12.9. The fraction of sp³-hybridized carbons (Fsp3) is 0.923. The molecule has 0 aromatic heterocycles. The van der Waals surface area contributed by atoms with Crippen LogP contribution in [0.2, 0.25) is 0 Å². The lowest BCUT2D eigenvalue weighted by Crippen LogP contribution is -2.80. The highest BCUT2D eigenvalue weighted by molar-refractivity contribution is 5.47. The summed E-state index contributed by atoms with van der Waals surface area (Å²) in [5.41, 5.74) is 0. The molecule has 3 aliphatic rings. The van der Waals surface area contributed by atoms with Gasteiger partial charge in [0.15, 0.2) is 0 Å². The normalized spacial score (nSPS) is 20.2. The molecule has 0 unspecified atom stereocenters. The van der Waals surface area contributed by atoms with E-state index in [1.165, 1.54) is 77.8 Å². The molecule has 116 valence electrons. The van der Waals surface area contributed by atoms with Crippen molar-refractivity contribution in [3.05, 3.63) is 0 Å². The Morgan fingerprint density at radius 3 is 0.842 bits per heavy atom. The van der Waals surface area contributed by atoms with Crippen molar-refractivity contribution < 1.29 is 32.4 Å². The van der Waals surface area contributed by atoms with Crippen LogP contribution in [0, 0.1) is 0 Å². The van der Waals surface area contributed by atoms with Crippen molar-refractivity contribution in [3.63, 3.8) is 0 Å². The average Bonchev–Trinajstić information content (AvgIpc) is 3.18. The Labute approximate surface area is 117 Å². The van der Waals surface area contributed by atoms with E-state index in [0.717, 1.165) is 0 Å². The molecule has 6 N–H and O–H groups in total. The molecule has 0 aromatic carbocycles. The largest absolute Gasteiger partial charge is 1.00 e. The predicted molar refractivity (Wildman–Crippen MR) is 69.2 cm³/mol. The summed E-state index contributed by atoms with van der Waals surface area (Å²) in [4.78, 5) is 8.33. The quantitative estimate of drug-likeness (QED) is 0.416. The van der Waals surface area contributed by atoms with Crippen LogP contribution in [-0.4, -0.2) is 45.4 Å². The molecule has 0 spiro atoms. The minimum absolute atomic E-state index is 0. The zero-order chi connectivity index (χ0) is 14.2. The molecule has 0 aromatic rings. The SMILES string of the molecule is C1CC[NH2+]C1.C1CC[NH2+]C1.C1CC[NH2+]C1.O=C([O-])[O-].[H-]. The highest BCUT2D eigenvalue weighted by atomic mass is 16.6. The zero-order valence-corrected chi connectivity index (χ0v) is 11.9. The first-order chi connectivity index (χ1) is 9.23. The number of carboxylic acid groups (broad SMARTS) is 2. The van der Waals surface area contributed by atoms with Gasteiger partial charge in [-0.3, -0.25) is 0 Å². The van der Waals surface area contributed by atoms with E-state index in [4.69, 9.17) is 15.0 Å². The van der Waals surface area contributed by atoms with Gasteiger partial charge in [0.25, 0.3) is 0 Å². The Morgan fingerprint density at radius 1 is 0.632 bits per heavy atom. The molecule has 0 bridgehead atoms. The third-order valence-corrected chi connectivity index (χ3v) is 3.20. The van der Waals surface area contributed by atoms with Gasteiger partial charge in [-0.15, -0.1) is 0 Å². The smallest absolute Gasteiger partial charge is 0.0757 e.